The molecule has 0 radical (unpaired) electrons. The van der Waals surface area contributed by atoms with E-state index in [0.29, 0.717) is 16.4 Å². The van der Waals surface area contributed by atoms with Crippen molar-refractivity contribution >= 4 is 41.3 Å². The van der Waals surface area contributed by atoms with Gasteiger partial charge in [0.05, 0.1) is 16.4 Å². The van der Waals surface area contributed by atoms with Crippen LogP contribution in [0.4, 0.5) is 11.4 Å². The summed E-state index contributed by atoms with van der Waals surface area (Å²) in [5.74, 6) is -0.166. The van der Waals surface area contributed by atoms with E-state index in [1.54, 1.807) is 16.8 Å². The molecule has 5 nitrogen and oxygen atoms in total. The van der Waals surface area contributed by atoms with E-state index in [9.17, 15) is 4.79 Å². The van der Waals surface area contributed by atoms with Gasteiger partial charge >= 0.3 is 0 Å². The summed E-state index contributed by atoms with van der Waals surface area (Å²) < 4.78 is 1.59. The van der Waals surface area contributed by atoms with E-state index in [4.69, 9.17) is 17.3 Å². The van der Waals surface area contributed by atoms with Crippen LogP contribution in [0.5, 0.6) is 0 Å². The topological polar surface area (TPSA) is 72.9 Å². The van der Waals surface area contributed by atoms with E-state index in [1.165, 1.54) is 0 Å². The van der Waals surface area contributed by atoms with E-state index < -0.39 is 0 Å². The zero-order chi connectivity index (χ0) is 14.9. The molecule has 0 saturated carbocycles. The predicted octanol–water partition coefficient (Wildman–Crippen LogP) is 3.10. The number of benzene rings is 1. The van der Waals surface area contributed by atoms with Gasteiger partial charge in [0, 0.05) is 11.4 Å². The van der Waals surface area contributed by atoms with Gasteiger partial charge in [-0.1, -0.05) is 17.7 Å². The van der Waals surface area contributed by atoms with E-state index in [2.05, 4.69) is 10.4 Å². The largest absolute Gasteiger partial charge is 0.399 e. The summed E-state index contributed by atoms with van der Waals surface area (Å²) in [6.45, 7) is 5.68. The molecule has 7 heteroatoms. The van der Waals surface area contributed by atoms with Gasteiger partial charge in [-0.25, -0.2) is 0 Å². The first-order chi connectivity index (χ1) is 9.38. The SMILES string of the molecule is Cc1ccc(N)cc1NC(=O)Cn1nc(C)c(Cl)c1C.Cl. The number of aromatic nitrogens is 2. The number of anilines is 2. The van der Waals surface area contributed by atoms with Gasteiger partial charge in [-0.05, 0) is 38.5 Å². The van der Waals surface area contributed by atoms with Gasteiger partial charge in [0.25, 0.3) is 0 Å². The Kier molecular flexibility index (Phi) is 5.63. The lowest BCUT2D eigenvalue weighted by molar-refractivity contribution is -0.116. The van der Waals surface area contributed by atoms with Gasteiger partial charge in [-0.15, -0.1) is 12.4 Å². The average molecular weight is 329 g/mol. The Morgan fingerprint density at radius 1 is 1.38 bits per heavy atom. The maximum absolute atomic E-state index is 12.1. The Hall–Kier alpha value is -1.72. The lowest BCUT2D eigenvalue weighted by Gasteiger charge is -2.10. The molecule has 0 unspecified atom stereocenters. The van der Waals surface area contributed by atoms with Crippen LogP contribution in [0.25, 0.3) is 0 Å². The molecule has 1 heterocycles. The summed E-state index contributed by atoms with van der Waals surface area (Å²) in [6.07, 6.45) is 0. The molecule has 0 atom stereocenters. The first kappa shape index (κ1) is 17.3. The Morgan fingerprint density at radius 2 is 2.05 bits per heavy atom. The molecule has 2 rings (SSSR count). The molecule has 2 aromatic rings. The minimum absolute atomic E-state index is 0. The number of nitrogens with zero attached hydrogens (tertiary/aromatic N) is 2. The quantitative estimate of drug-likeness (QED) is 0.850. The molecule has 3 N–H and O–H groups in total. The molecule has 1 amide bonds. The number of rotatable bonds is 3. The smallest absolute Gasteiger partial charge is 0.246 e. The molecule has 0 fully saturated rings. The van der Waals surface area contributed by atoms with Crippen LogP contribution in [0, 0.1) is 20.8 Å². The van der Waals surface area contributed by atoms with Crippen molar-refractivity contribution < 1.29 is 4.79 Å². The predicted molar refractivity (Wildman–Crippen MR) is 88.2 cm³/mol. The van der Waals surface area contributed by atoms with Crippen molar-refractivity contribution in [1.82, 2.24) is 9.78 Å². The van der Waals surface area contributed by atoms with Crippen molar-refractivity contribution in [3.05, 3.63) is 40.2 Å². The molecule has 114 valence electrons. The fraction of sp³-hybridized carbons (Fsp3) is 0.286. The highest BCUT2D eigenvalue weighted by Gasteiger charge is 2.12. The molecule has 21 heavy (non-hydrogen) atoms. The van der Waals surface area contributed by atoms with Crippen LogP contribution < -0.4 is 11.1 Å². The molecule has 0 bridgehead atoms. The zero-order valence-corrected chi connectivity index (χ0v) is 13.7. The maximum atomic E-state index is 12.1. The number of nitrogens with one attached hydrogen (secondary N) is 1. The van der Waals surface area contributed by atoms with E-state index >= 15 is 0 Å². The molecule has 1 aromatic heterocycles. The summed E-state index contributed by atoms with van der Waals surface area (Å²) in [7, 11) is 0. The van der Waals surface area contributed by atoms with Gasteiger partial charge < -0.3 is 11.1 Å². The van der Waals surface area contributed by atoms with Crippen LogP contribution in [0.3, 0.4) is 0 Å². The average Bonchev–Trinajstić information content (AvgIpc) is 2.61. The second-order valence-corrected chi connectivity index (χ2v) is 5.14. The zero-order valence-electron chi connectivity index (χ0n) is 12.1. The molecule has 0 saturated heterocycles. The van der Waals surface area contributed by atoms with Gasteiger partial charge in [-0.2, -0.15) is 5.10 Å². The van der Waals surface area contributed by atoms with Crippen LogP contribution in [0.2, 0.25) is 5.02 Å². The number of hydrogen-bond donors (Lipinski definition) is 2. The van der Waals surface area contributed by atoms with Crippen LogP contribution in [-0.2, 0) is 11.3 Å². The van der Waals surface area contributed by atoms with Crippen LogP contribution >= 0.6 is 24.0 Å². The third-order valence-electron chi connectivity index (χ3n) is 3.12. The minimum atomic E-state index is -0.166. The molecular formula is C14H18Cl2N4O. The summed E-state index contributed by atoms with van der Waals surface area (Å²) in [6, 6.07) is 5.40. The summed E-state index contributed by atoms with van der Waals surface area (Å²) >= 11 is 6.06. The summed E-state index contributed by atoms with van der Waals surface area (Å²) in [5, 5.41) is 7.66. The van der Waals surface area contributed by atoms with E-state index in [1.807, 2.05) is 26.8 Å². The second-order valence-electron chi connectivity index (χ2n) is 4.76. The molecule has 1 aromatic carbocycles. The van der Waals surface area contributed by atoms with Crippen LogP contribution in [-0.4, -0.2) is 15.7 Å². The summed E-state index contributed by atoms with van der Waals surface area (Å²) in [5.41, 5.74) is 9.50. The van der Waals surface area contributed by atoms with Crippen molar-refractivity contribution in [3.8, 4) is 0 Å². The third-order valence-corrected chi connectivity index (χ3v) is 3.67. The Morgan fingerprint density at radius 3 is 2.62 bits per heavy atom. The first-order valence-electron chi connectivity index (χ1n) is 6.24. The molecule has 0 aliphatic heterocycles. The lowest BCUT2D eigenvalue weighted by Crippen LogP contribution is -2.20. The van der Waals surface area contributed by atoms with Crippen molar-refractivity contribution in [1.29, 1.82) is 0 Å². The summed E-state index contributed by atoms with van der Waals surface area (Å²) in [4.78, 5) is 12.1. The normalized spacial score (nSPS) is 10.1. The highest BCUT2D eigenvalue weighted by atomic mass is 35.5. The van der Waals surface area contributed by atoms with Gasteiger partial charge in [0.1, 0.15) is 6.54 Å². The fourth-order valence-corrected chi connectivity index (χ4v) is 2.06. The number of nitrogen functional groups attached to an aromatic ring is 1. The van der Waals surface area contributed by atoms with E-state index in [0.717, 1.165) is 17.0 Å². The lowest BCUT2D eigenvalue weighted by atomic mass is 10.2. The number of carbonyl (C=O) groups is 1. The molecule has 0 aliphatic rings. The van der Waals surface area contributed by atoms with Crippen molar-refractivity contribution in [2.45, 2.75) is 27.3 Å². The van der Waals surface area contributed by atoms with Crippen molar-refractivity contribution in [2.75, 3.05) is 11.1 Å². The van der Waals surface area contributed by atoms with Crippen LogP contribution in [0.1, 0.15) is 17.0 Å². The minimum Gasteiger partial charge on any atom is -0.399 e. The number of amides is 1. The van der Waals surface area contributed by atoms with E-state index in [-0.39, 0.29) is 24.9 Å². The van der Waals surface area contributed by atoms with Gasteiger partial charge in [-0.3, -0.25) is 9.48 Å². The van der Waals surface area contributed by atoms with Gasteiger partial charge in [0.2, 0.25) is 5.91 Å². The highest BCUT2D eigenvalue weighted by Crippen LogP contribution is 2.20. The second kappa shape index (κ2) is 6.83. The highest BCUT2D eigenvalue weighted by molar-refractivity contribution is 6.31. The molecule has 0 spiro atoms. The Labute approximate surface area is 134 Å². The van der Waals surface area contributed by atoms with Crippen molar-refractivity contribution in [2.24, 2.45) is 0 Å². The number of carbonyl (C=O) groups excluding carboxylic acids is 1. The number of halogens is 2. The standard InChI is InChI=1S/C14H17ClN4O.ClH/c1-8-4-5-11(16)6-12(8)17-13(20)7-19-10(3)14(15)9(2)18-19;/h4-6H,7,16H2,1-3H3,(H,17,20);1H. The number of aryl methyl sites for hydroxylation is 2. The van der Waals surface area contributed by atoms with Crippen LogP contribution in [0.15, 0.2) is 18.2 Å². The fourth-order valence-electron chi connectivity index (χ4n) is 1.93. The Balaban J connectivity index is 0.00000220. The first-order valence-corrected chi connectivity index (χ1v) is 6.61. The number of nitrogens with two attached hydrogens (primary N) is 1. The number of hydrogen-bond acceptors (Lipinski definition) is 3. The third kappa shape index (κ3) is 3.89. The monoisotopic (exact) mass is 328 g/mol. The molecule has 0 aliphatic carbocycles. The van der Waals surface area contributed by atoms with Crippen molar-refractivity contribution in [3.63, 3.8) is 0 Å². The molecular weight excluding hydrogens is 311 g/mol. The van der Waals surface area contributed by atoms with Gasteiger partial charge in [0.15, 0.2) is 0 Å². The Bertz CT molecular complexity index is 667. The maximum Gasteiger partial charge on any atom is 0.246 e.